The summed E-state index contributed by atoms with van der Waals surface area (Å²) in [6.07, 6.45) is 3.92. The zero-order chi connectivity index (χ0) is 32.2. The second-order valence-corrected chi connectivity index (χ2v) is 13.1. The minimum absolute atomic E-state index is 1.02. The first kappa shape index (κ1) is 26.5. The summed E-state index contributed by atoms with van der Waals surface area (Å²) in [5.41, 5.74) is 15.0. The van der Waals surface area contributed by atoms with Crippen LogP contribution >= 0.6 is 0 Å². The Morgan fingerprint density at radius 3 is 1.88 bits per heavy atom. The molecule has 0 unspecified atom stereocenters. The monoisotopic (exact) mass is 624 g/mol. The highest BCUT2D eigenvalue weighted by Gasteiger charge is 2.24. The molecule has 6 aromatic carbocycles. The van der Waals surface area contributed by atoms with Gasteiger partial charge in [0.2, 0.25) is 0 Å². The van der Waals surface area contributed by atoms with Crippen molar-refractivity contribution in [1.29, 1.82) is 0 Å². The van der Waals surface area contributed by atoms with Crippen molar-refractivity contribution in [3.63, 3.8) is 0 Å². The Hall–Kier alpha value is -6.52. The predicted molar refractivity (Wildman–Crippen MR) is 203 cm³/mol. The highest BCUT2D eigenvalue weighted by atomic mass is 15.0. The third kappa shape index (κ3) is 3.68. The van der Waals surface area contributed by atoms with E-state index in [1.807, 2.05) is 12.4 Å². The van der Waals surface area contributed by atoms with Crippen LogP contribution in [0.4, 0.5) is 0 Å². The van der Waals surface area contributed by atoms with Crippen molar-refractivity contribution in [1.82, 2.24) is 19.1 Å². The smallest absolute Gasteiger partial charge is 0.0809 e. The molecule has 0 aliphatic heterocycles. The van der Waals surface area contributed by atoms with Crippen LogP contribution in [0.5, 0.6) is 0 Å². The molecule has 0 amide bonds. The van der Waals surface area contributed by atoms with Gasteiger partial charge in [-0.15, -0.1) is 0 Å². The summed E-state index contributed by atoms with van der Waals surface area (Å²) >= 11 is 0. The Balaban J connectivity index is 1.06. The van der Waals surface area contributed by atoms with Crippen molar-refractivity contribution >= 4 is 54.4 Å². The number of para-hydroxylation sites is 2. The van der Waals surface area contributed by atoms with Gasteiger partial charge in [-0.05, 0) is 88.8 Å². The first-order valence-corrected chi connectivity index (χ1v) is 16.7. The molecule has 0 fully saturated rings. The first-order chi connectivity index (χ1) is 24.2. The molecule has 4 aromatic heterocycles. The summed E-state index contributed by atoms with van der Waals surface area (Å²) in [5, 5.41) is 7.41. The highest BCUT2D eigenvalue weighted by Crippen LogP contribution is 2.46. The molecule has 49 heavy (non-hydrogen) atoms. The molecule has 1 aliphatic carbocycles. The van der Waals surface area contributed by atoms with E-state index in [1.54, 1.807) is 0 Å². The van der Waals surface area contributed by atoms with E-state index in [4.69, 9.17) is 9.97 Å². The third-order valence-corrected chi connectivity index (χ3v) is 10.5. The number of aromatic nitrogens is 4. The SMILES string of the molecule is Cn1c2ccc(-c3cnc4c(c3)-c3nccc5cccc-4c35)cc2c2cc(-c3ccc4c(c3)c3ccccc3n4-c3ccccc3)ccc21. The van der Waals surface area contributed by atoms with Gasteiger partial charge >= 0.3 is 0 Å². The first-order valence-electron chi connectivity index (χ1n) is 16.7. The van der Waals surface area contributed by atoms with Crippen LogP contribution < -0.4 is 0 Å². The van der Waals surface area contributed by atoms with Gasteiger partial charge in [0, 0.05) is 79.8 Å². The van der Waals surface area contributed by atoms with Gasteiger partial charge < -0.3 is 9.13 Å². The molecular formula is C45H28N4. The fraction of sp³-hybridized carbons (Fsp3) is 0.0222. The van der Waals surface area contributed by atoms with Crippen molar-refractivity contribution < 1.29 is 0 Å². The Morgan fingerprint density at radius 2 is 1.10 bits per heavy atom. The second-order valence-electron chi connectivity index (χ2n) is 13.1. The van der Waals surface area contributed by atoms with Crippen LogP contribution in [-0.4, -0.2) is 19.1 Å². The zero-order valence-corrected chi connectivity index (χ0v) is 26.7. The zero-order valence-electron chi connectivity index (χ0n) is 26.7. The van der Waals surface area contributed by atoms with Crippen molar-refractivity contribution in [2.24, 2.45) is 7.05 Å². The van der Waals surface area contributed by atoms with Crippen molar-refractivity contribution in [3.8, 4) is 50.5 Å². The number of hydrogen-bond acceptors (Lipinski definition) is 2. The van der Waals surface area contributed by atoms with Gasteiger partial charge in [0.25, 0.3) is 0 Å². The number of rotatable bonds is 3. The Labute approximate surface area is 282 Å². The maximum atomic E-state index is 5.00. The van der Waals surface area contributed by atoms with E-state index in [2.05, 4.69) is 156 Å². The van der Waals surface area contributed by atoms with E-state index in [0.717, 1.165) is 28.1 Å². The topological polar surface area (TPSA) is 35.6 Å². The van der Waals surface area contributed by atoms with Crippen molar-refractivity contribution in [2.75, 3.05) is 0 Å². The molecule has 11 rings (SSSR count). The van der Waals surface area contributed by atoms with Gasteiger partial charge in [0.05, 0.1) is 22.4 Å². The normalized spacial score (nSPS) is 12.2. The van der Waals surface area contributed by atoms with E-state index in [1.165, 1.54) is 76.8 Å². The fourth-order valence-corrected chi connectivity index (χ4v) is 8.23. The molecule has 0 N–H and O–H groups in total. The van der Waals surface area contributed by atoms with Crippen LogP contribution in [0.25, 0.3) is 105 Å². The van der Waals surface area contributed by atoms with Crippen molar-refractivity contribution in [2.45, 2.75) is 0 Å². The lowest BCUT2D eigenvalue weighted by atomic mass is 9.99. The number of fused-ring (bicyclic) bond motifs is 9. The lowest BCUT2D eigenvalue weighted by Gasteiger charge is -2.08. The van der Waals surface area contributed by atoms with Crippen LogP contribution in [0.1, 0.15) is 0 Å². The maximum absolute atomic E-state index is 5.00. The second kappa shape index (κ2) is 9.75. The summed E-state index contributed by atoms with van der Waals surface area (Å²) in [5.74, 6) is 0. The summed E-state index contributed by atoms with van der Waals surface area (Å²) < 4.78 is 4.67. The molecular weight excluding hydrogens is 597 g/mol. The van der Waals surface area contributed by atoms with E-state index < -0.39 is 0 Å². The van der Waals surface area contributed by atoms with Gasteiger partial charge in [-0.25, -0.2) is 0 Å². The molecule has 0 radical (unpaired) electrons. The molecule has 0 saturated heterocycles. The van der Waals surface area contributed by atoms with E-state index >= 15 is 0 Å². The molecule has 0 spiro atoms. The number of hydrogen-bond donors (Lipinski definition) is 0. The lowest BCUT2D eigenvalue weighted by Crippen LogP contribution is -1.92. The molecule has 1 aliphatic rings. The number of aryl methyl sites for hydroxylation is 1. The van der Waals surface area contributed by atoms with Gasteiger partial charge in [0.1, 0.15) is 0 Å². The summed E-state index contributed by atoms with van der Waals surface area (Å²) in [4.78, 5) is 9.79. The van der Waals surface area contributed by atoms with Gasteiger partial charge in [-0.2, -0.15) is 0 Å². The average molecular weight is 625 g/mol. The van der Waals surface area contributed by atoms with E-state index in [9.17, 15) is 0 Å². The fourth-order valence-electron chi connectivity index (χ4n) is 8.23. The van der Waals surface area contributed by atoms with Crippen LogP contribution in [0.3, 0.4) is 0 Å². The molecule has 0 atom stereocenters. The quantitative estimate of drug-likeness (QED) is 0.196. The Morgan fingerprint density at radius 1 is 0.449 bits per heavy atom. The highest BCUT2D eigenvalue weighted by molar-refractivity contribution is 6.14. The maximum Gasteiger partial charge on any atom is 0.0809 e. The van der Waals surface area contributed by atoms with E-state index in [0.29, 0.717) is 0 Å². The van der Waals surface area contributed by atoms with Crippen LogP contribution in [0.15, 0.2) is 152 Å². The van der Waals surface area contributed by atoms with Gasteiger partial charge in [-0.3, -0.25) is 9.97 Å². The molecule has 4 heteroatoms. The Kier molecular flexibility index (Phi) is 5.28. The van der Waals surface area contributed by atoms with Crippen molar-refractivity contribution in [3.05, 3.63) is 152 Å². The summed E-state index contributed by atoms with van der Waals surface area (Å²) in [6.45, 7) is 0. The van der Waals surface area contributed by atoms with E-state index in [-0.39, 0.29) is 0 Å². The summed E-state index contributed by atoms with van der Waals surface area (Å²) in [6, 6.07) is 50.7. The minimum atomic E-state index is 1.02. The number of benzene rings is 6. The molecule has 4 heterocycles. The van der Waals surface area contributed by atoms with Gasteiger partial charge in [0.15, 0.2) is 0 Å². The van der Waals surface area contributed by atoms with Gasteiger partial charge in [-0.1, -0.05) is 72.8 Å². The largest absolute Gasteiger partial charge is 0.344 e. The third-order valence-electron chi connectivity index (χ3n) is 10.5. The Bertz CT molecular complexity index is 2990. The summed E-state index contributed by atoms with van der Waals surface area (Å²) in [7, 11) is 2.16. The van der Waals surface area contributed by atoms with Crippen LogP contribution in [-0.2, 0) is 7.05 Å². The van der Waals surface area contributed by atoms with Crippen LogP contribution in [0, 0.1) is 0 Å². The van der Waals surface area contributed by atoms with Crippen LogP contribution in [0.2, 0.25) is 0 Å². The molecule has 0 bridgehead atoms. The number of nitrogens with zero attached hydrogens (tertiary/aromatic N) is 4. The molecule has 228 valence electrons. The average Bonchev–Trinajstić information content (AvgIpc) is 3.77. The predicted octanol–water partition coefficient (Wildman–Crippen LogP) is 11.4. The molecule has 10 aromatic rings. The molecule has 4 nitrogen and oxygen atoms in total. The lowest BCUT2D eigenvalue weighted by molar-refractivity contribution is 1.01. The number of pyridine rings is 2. The molecule has 0 saturated carbocycles. The minimum Gasteiger partial charge on any atom is -0.344 e. The standard InChI is InChI=1S/C45H28N4/c1-48-39-17-14-28(29-16-19-42-35(22-29)33-11-5-6-13-41(33)49(42)32-9-3-2-4-10-32)23-36(39)37-24-30(15-18-40(37)48)31-25-38-44(47-26-31)34-12-7-8-27-20-21-46-45(38)43(27)34/h2-26H,1H3.